The van der Waals surface area contributed by atoms with Crippen LogP contribution in [-0.2, 0) is 22.1 Å². The third kappa shape index (κ3) is 4.78. The molecule has 0 radical (unpaired) electrons. The number of sulfone groups is 1. The summed E-state index contributed by atoms with van der Waals surface area (Å²) in [6.07, 6.45) is 0. The van der Waals surface area contributed by atoms with Crippen LogP contribution < -0.4 is 10.1 Å². The van der Waals surface area contributed by atoms with E-state index in [-0.39, 0.29) is 22.2 Å². The normalized spacial score (nSPS) is 11.4. The van der Waals surface area contributed by atoms with Crippen LogP contribution in [0.25, 0.3) is 10.8 Å². The van der Waals surface area contributed by atoms with Crippen molar-refractivity contribution in [2.75, 3.05) is 7.11 Å². The highest BCUT2D eigenvalue weighted by molar-refractivity contribution is 7.90. The van der Waals surface area contributed by atoms with Gasteiger partial charge in [-0.1, -0.05) is 36.4 Å². The summed E-state index contributed by atoms with van der Waals surface area (Å²) in [4.78, 5) is 12.7. The van der Waals surface area contributed by atoms with Crippen molar-refractivity contribution in [3.05, 3.63) is 95.9 Å². The van der Waals surface area contributed by atoms with Gasteiger partial charge in [0.2, 0.25) is 0 Å². The van der Waals surface area contributed by atoms with Gasteiger partial charge < -0.3 is 14.5 Å². The van der Waals surface area contributed by atoms with Gasteiger partial charge in [0.15, 0.2) is 15.6 Å². The second-order valence-electron chi connectivity index (χ2n) is 7.07. The summed E-state index contributed by atoms with van der Waals surface area (Å²) >= 11 is 0. The lowest BCUT2D eigenvalue weighted by Crippen LogP contribution is -2.22. The summed E-state index contributed by atoms with van der Waals surface area (Å²) in [7, 11) is -1.91. The zero-order chi connectivity index (χ0) is 21.8. The Kier molecular flexibility index (Phi) is 5.77. The molecule has 0 aliphatic carbocycles. The van der Waals surface area contributed by atoms with E-state index in [4.69, 9.17) is 9.15 Å². The molecule has 31 heavy (non-hydrogen) atoms. The van der Waals surface area contributed by atoms with Crippen molar-refractivity contribution in [2.24, 2.45) is 0 Å². The van der Waals surface area contributed by atoms with Gasteiger partial charge in [-0.15, -0.1) is 0 Å². The van der Waals surface area contributed by atoms with E-state index >= 15 is 0 Å². The molecule has 4 rings (SSSR count). The fourth-order valence-electron chi connectivity index (χ4n) is 3.26. The van der Waals surface area contributed by atoms with Gasteiger partial charge in [-0.2, -0.15) is 0 Å². The average molecular weight is 436 g/mol. The number of fused-ring (bicyclic) bond motifs is 1. The number of furan rings is 1. The molecule has 0 bridgehead atoms. The standard InChI is InChI=1S/C24H21NO5S/c1-29-20-10-9-18-13-17(7-8-19(18)14-20)15-25-24(26)23-12-11-21(30-23)16-31(27,28)22-5-3-2-4-6-22/h2-14H,15-16H2,1H3,(H,25,26). The van der Waals surface area contributed by atoms with E-state index in [1.54, 1.807) is 25.3 Å². The molecule has 6 nitrogen and oxygen atoms in total. The Morgan fingerprint density at radius 3 is 2.45 bits per heavy atom. The van der Waals surface area contributed by atoms with Gasteiger partial charge in [-0.25, -0.2) is 8.42 Å². The molecular formula is C24H21NO5S. The maximum atomic E-state index is 12.5. The van der Waals surface area contributed by atoms with Crippen LogP contribution in [0.4, 0.5) is 0 Å². The predicted molar refractivity (Wildman–Crippen MR) is 118 cm³/mol. The van der Waals surface area contributed by atoms with Gasteiger partial charge in [-0.3, -0.25) is 4.79 Å². The van der Waals surface area contributed by atoms with Gasteiger partial charge in [0.05, 0.1) is 12.0 Å². The molecule has 7 heteroatoms. The third-order valence-electron chi connectivity index (χ3n) is 4.88. The number of rotatable bonds is 7. The van der Waals surface area contributed by atoms with Crippen molar-refractivity contribution in [1.82, 2.24) is 5.32 Å². The number of nitrogens with one attached hydrogen (secondary N) is 1. The number of hydrogen-bond acceptors (Lipinski definition) is 5. The molecule has 0 atom stereocenters. The van der Waals surface area contributed by atoms with Gasteiger partial charge in [0.1, 0.15) is 17.3 Å². The van der Waals surface area contributed by atoms with Crippen LogP contribution in [-0.4, -0.2) is 21.4 Å². The first-order chi connectivity index (χ1) is 14.9. The maximum absolute atomic E-state index is 12.5. The molecule has 3 aromatic carbocycles. The summed E-state index contributed by atoms with van der Waals surface area (Å²) in [6.45, 7) is 0.319. The lowest BCUT2D eigenvalue weighted by Gasteiger charge is -2.07. The Morgan fingerprint density at radius 2 is 1.68 bits per heavy atom. The summed E-state index contributed by atoms with van der Waals surface area (Å²) in [5.74, 6) is 0.366. The Hall–Kier alpha value is -3.58. The molecular weight excluding hydrogens is 414 g/mol. The van der Waals surface area contributed by atoms with Crippen molar-refractivity contribution in [2.45, 2.75) is 17.2 Å². The van der Waals surface area contributed by atoms with Crippen molar-refractivity contribution in [3.63, 3.8) is 0 Å². The third-order valence-corrected chi connectivity index (χ3v) is 6.54. The van der Waals surface area contributed by atoms with Crippen LogP contribution >= 0.6 is 0 Å². The van der Waals surface area contributed by atoms with E-state index in [2.05, 4.69) is 5.32 Å². The monoisotopic (exact) mass is 435 g/mol. The molecule has 0 aliphatic heterocycles. The number of carbonyl (C=O) groups is 1. The molecule has 1 N–H and O–H groups in total. The lowest BCUT2D eigenvalue weighted by atomic mass is 10.1. The quantitative estimate of drug-likeness (QED) is 0.467. The van der Waals surface area contributed by atoms with E-state index in [9.17, 15) is 13.2 Å². The zero-order valence-electron chi connectivity index (χ0n) is 16.9. The minimum absolute atomic E-state index is 0.0730. The van der Waals surface area contributed by atoms with Gasteiger partial charge >= 0.3 is 0 Å². The highest BCUT2D eigenvalue weighted by Crippen LogP contribution is 2.22. The van der Waals surface area contributed by atoms with Crippen LogP contribution in [0.15, 0.2) is 88.2 Å². The molecule has 1 heterocycles. The van der Waals surface area contributed by atoms with E-state index in [1.165, 1.54) is 24.3 Å². The Bertz CT molecular complexity index is 1330. The highest BCUT2D eigenvalue weighted by Gasteiger charge is 2.19. The van der Waals surface area contributed by atoms with Crippen LogP contribution in [0.2, 0.25) is 0 Å². The van der Waals surface area contributed by atoms with Gasteiger partial charge in [0.25, 0.3) is 5.91 Å². The van der Waals surface area contributed by atoms with E-state index < -0.39 is 15.7 Å². The molecule has 158 valence electrons. The van der Waals surface area contributed by atoms with Crippen LogP contribution in [0.1, 0.15) is 21.9 Å². The Labute approximate surface area is 180 Å². The van der Waals surface area contributed by atoms with Crippen LogP contribution in [0.3, 0.4) is 0 Å². The SMILES string of the molecule is COc1ccc2cc(CNC(=O)c3ccc(CS(=O)(=O)c4ccccc4)o3)ccc2c1. The first-order valence-electron chi connectivity index (χ1n) is 9.66. The number of benzene rings is 3. The lowest BCUT2D eigenvalue weighted by molar-refractivity contribution is 0.0921. The number of amides is 1. The van der Waals surface area contributed by atoms with Crippen LogP contribution in [0, 0.1) is 0 Å². The number of carbonyl (C=O) groups excluding carboxylic acids is 1. The summed E-state index contributed by atoms with van der Waals surface area (Å²) in [6, 6.07) is 22.8. The molecule has 0 aliphatic rings. The van der Waals surface area contributed by atoms with E-state index in [0.717, 1.165) is 22.1 Å². The first kappa shape index (κ1) is 20.7. The second kappa shape index (κ2) is 8.65. The molecule has 0 saturated carbocycles. The van der Waals surface area contributed by atoms with Gasteiger partial charge in [0, 0.05) is 6.54 Å². The largest absolute Gasteiger partial charge is 0.497 e. The summed E-state index contributed by atoms with van der Waals surface area (Å²) < 4.78 is 35.7. The smallest absolute Gasteiger partial charge is 0.287 e. The van der Waals surface area contributed by atoms with E-state index in [0.29, 0.717) is 6.54 Å². The fourth-order valence-corrected chi connectivity index (χ4v) is 4.52. The van der Waals surface area contributed by atoms with Crippen molar-refractivity contribution >= 4 is 26.5 Å². The number of hydrogen-bond donors (Lipinski definition) is 1. The highest BCUT2D eigenvalue weighted by atomic mass is 32.2. The molecule has 0 unspecified atom stereocenters. The minimum atomic E-state index is -3.54. The van der Waals surface area contributed by atoms with Gasteiger partial charge in [-0.05, 0) is 58.8 Å². The molecule has 0 spiro atoms. The second-order valence-corrected chi connectivity index (χ2v) is 9.06. The summed E-state index contributed by atoms with van der Waals surface area (Å²) in [5, 5.41) is 4.89. The van der Waals surface area contributed by atoms with Crippen LogP contribution in [0.5, 0.6) is 5.75 Å². The topological polar surface area (TPSA) is 85.6 Å². The Balaban J connectivity index is 1.41. The van der Waals surface area contributed by atoms with E-state index in [1.807, 2.05) is 36.4 Å². The first-order valence-corrected chi connectivity index (χ1v) is 11.3. The predicted octanol–water partition coefficient (Wildman–Crippen LogP) is 4.35. The fraction of sp³-hybridized carbons (Fsp3) is 0.125. The molecule has 4 aromatic rings. The minimum Gasteiger partial charge on any atom is -0.497 e. The molecule has 0 saturated heterocycles. The molecule has 1 amide bonds. The van der Waals surface area contributed by atoms with Crippen molar-refractivity contribution in [3.8, 4) is 5.75 Å². The summed E-state index contributed by atoms with van der Waals surface area (Å²) in [5.41, 5.74) is 0.935. The number of ether oxygens (including phenoxy) is 1. The molecule has 1 aromatic heterocycles. The maximum Gasteiger partial charge on any atom is 0.287 e. The number of methoxy groups -OCH3 is 1. The van der Waals surface area contributed by atoms with Crippen molar-refractivity contribution in [1.29, 1.82) is 0 Å². The zero-order valence-corrected chi connectivity index (χ0v) is 17.7. The molecule has 0 fully saturated rings. The van der Waals surface area contributed by atoms with Crippen molar-refractivity contribution < 1.29 is 22.4 Å². The average Bonchev–Trinajstić information content (AvgIpc) is 3.25. The Morgan fingerprint density at radius 1 is 0.935 bits per heavy atom.